The summed E-state index contributed by atoms with van der Waals surface area (Å²) in [6, 6.07) is 16.5. The molecule has 0 unspecified atom stereocenters. The van der Waals surface area contributed by atoms with E-state index >= 15 is 0 Å². The molecule has 1 aliphatic rings. The van der Waals surface area contributed by atoms with Gasteiger partial charge in [-0.3, -0.25) is 9.78 Å². The van der Waals surface area contributed by atoms with E-state index in [1.165, 1.54) is 0 Å². The van der Waals surface area contributed by atoms with Crippen molar-refractivity contribution in [1.29, 1.82) is 0 Å². The number of anilines is 1. The number of pyridine rings is 1. The van der Waals surface area contributed by atoms with Gasteiger partial charge in [-0.2, -0.15) is 0 Å². The van der Waals surface area contributed by atoms with Crippen LogP contribution in [0.1, 0.15) is 16.8 Å². The monoisotopic (exact) mass is 392 g/mol. The second kappa shape index (κ2) is 7.74. The number of aromatic nitrogens is 1. The Morgan fingerprint density at radius 3 is 2.79 bits per heavy atom. The van der Waals surface area contributed by atoms with E-state index < -0.39 is 0 Å². The average molecular weight is 393 g/mol. The van der Waals surface area contributed by atoms with Crippen molar-refractivity contribution >= 4 is 34.8 Å². The third kappa shape index (κ3) is 3.70. The molecule has 4 rings (SSSR count). The molecule has 0 spiro atoms. The van der Waals surface area contributed by atoms with Crippen LogP contribution >= 0.6 is 11.6 Å². The third-order valence-electron chi connectivity index (χ3n) is 4.37. The number of hydrogen-bond acceptors (Lipinski definition) is 4. The second-order valence-electron chi connectivity index (χ2n) is 6.22. The van der Waals surface area contributed by atoms with E-state index in [0.717, 1.165) is 16.8 Å². The van der Waals surface area contributed by atoms with Crippen molar-refractivity contribution in [2.45, 2.75) is 6.61 Å². The second-order valence-corrected chi connectivity index (χ2v) is 6.66. The van der Waals surface area contributed by atoms with Gasteiger partial charge in [-0.15, -0.1) is 0 Å². The number of carbonyl (C=O) groups excluding carboxylic acids is 1. The number of nitrogens with one attached hydrogen (secondary N) is 1. The van der Waals surface area contributed by atoms with Gasteiger partial charge in [0.25, 0.3) is 5.91 Å². The topological polar surface area (TPSA) is 60.5 Å². The van der Waals surface area contributed by atoms with Gasteiger partial charge >= 0.3 is 0 Å². The van der Waals surface area contributed by atoms with Crippen LogP contribution in [0.25, 0.3) is 11.6 Å². The number of ether oxygens (including phenoxy) is 2. The first-order chi connectivity index (χ1) is 13.6. The number of amides is 1. The summed E-state index contributed by atoms with van der Waals surface area (Å²) in [5.41, 5.74) is 3.75. The molecular weight excluding hydrogens is 376 g/mol. The molecule has 3 aromatic rings. The molecule has 0 saturated carbocycles. The zero-order valence-electron chi connectivity index (χ0n) is 15.1. The van der Waals surface area contributed by atoms with Crippen molar-refractivity contribution in [3.63, 3.8) is 0 Å². The van der Waals surface area contributed by atoms with Gasteiger partial charge in [0.15, 0.2) is 11.5 Å². The number of methoxy groups -OCH3 is 1. The van der Waals surface area contributed by atoms with E-state index in [2.05, 4.69) is 10.3 Å². The molecule has 1 N–H and O–H groups in total. The van der Waals surface area contributed by atoms with Crippen LogP contribution in [-0.2, 0) is 11.4 Å². The lowest BCUT2D eigenvalue weighted by Crippen LogP contribution is -2.03. The van der Waals surface area contributed by atoms with Crippen LogP contribution in [0.3, 0.4) is 0 Å². The zero-order chi connectivity index (χ0) is 19.5. The fourth-order valence-corrected chi connectivity index (χ4v) is 3.18. The highest BCUT2D eigenvalue weighted by Crippen LogP contribution is 2.36. The number of carbonyl (C=O) groups is 1. The van der Waals surface area contributed by atoms with E-state index in [1.54, 1.807) is 25.4 Å². The van der Waals surface area contributed by atoms with Gasteiger partial charge in [0.1, 0.15) is 6.61 Å². The molecule has 0 saturated heterocycles. The number of nitrogens with zero attached hydrogens (tertiary/aromatic N) is 1. The van der Waals surface area contributed by atoms with Crippen LogP contribution in [0.5, 0.6) is 11.5 Å². The summed E-state index contributed by atoms with van der Waals surface area (Å²) in [6.45, 7) is 0.318. The summed E-state index contributed by atoms with van der Waals surface area (Å²) < 4.78 is 11.3. The maximum Gasteiger partial charge on any atom is 0.256 e. The Balaban J connectivity index is 1.64. The van der Waals surface area contributed by atoms with E-state index in [4.69, 9.17) is 21.1 Å². The van der Waals surface area contributed by atoms with Gasteiger partial charge in [-0.25, -0.2) is 0 Å². The molecule has 2 heterocycles. The number of halogens is 1. The van der Waals surface area contributed by atoms with Gasteiger partial charge in [0, 0.05) is 22.4 Å². The summed E-state index contributed by atoms with van der Waals surface area (Å²) in [5.74, 6) is 1.03. The molecule has 1 amide bonds. The lowest BCUT2D eigenvalue weighted by Gasteiger charge is -2.11. The minimum atomic E-state index is -0.163. The van der Waals surface area contributed by atoms with Crippen molar-refractivity contribution in [2.75, 3.05) is 12.4 Å². The van der Waals surface area contributed by atoms with E-state index in [0.29, 0.717) is 34.4 Å². The normalized spacial score (nSPS) is 13.9. The summed E-state index contributed by atoms with van der Waals surface area (Å²) >= 11 is 6.01. The van der Waals surface area contributed by atoms with Gasteiger partial charge in [0.2, 0.25) is 0 Å². The van der Waals surface area contributed by atoms with Gasteiger partial charge in [-0.05, 0) is 48.0 Å². The van der Waals surface area contributed by atoms with Gasteiger partial charge in [-0.1, -0.05) is 29.8 Å². The lowest BCUT2D eigenvalue weighted by molar-refractivity contribution is -0.110. The predicted molar refractivity (Wildman–Crippen MR) is 110 cm³/mol. The smallest absolute Gasteiger partial charge is 0.256 e. The minimum Gasteiger partial charge on any atom is -0.493 e. The number of benzene rings is 2. The van der Waals surface area contributed by atoms with E-state index in [-0.39, 0.29) is 5.91 Å². The van der Waals surface area contributed by atoms with Gasteiger partial charge in [0.05, 0.1) is 18.5 Å². The maximum absolute atomic E-state index is 12.4. The van der Waals surface area contributed by atoms with Crippen molar-refractivity contribution in [3.05, 3.63) is 82.6 Å². The molecule has 0 bridgehead atoms. The summed E-state index contributed by atoms with van der Waals surface area (Å²) in [4.78, 5) is 16.6. The van der Waals surface area contributed by atoms with Crippen LogP contribution in [0, 0.1) is 0 Å². The Morgan fingerprint density at radius 1 is 1.11 bits per heavy atom. The Kier molecular flexibility index (Phi) is 5.00. The van der Waals surface area contributed by atoms with Crippen LogP contribution in [-0.4, -0.2) is 18.0 Å². The SMILES string of the molecule is COc1ccc(/C=C2\C(=O)Nc3cc(Cl)ccc32)cc1OCc1ccccn1. The Hall–Kier alpha value is -3.31. The number of rotatable bonds is 5. The Labute approximate surface area is 167 Å². The summed E-state index contributed by atoms with van der Waals surface area (Å²) in [5, 5.41) is 3.42. The molecular formula is C22H17ClN2O3. The fraction of sp³-hybridized carbons (Fsp3) is 0.0909. The molecule has 0 atom stereocenters. The van der Waals surface area contributed by atoms with Crippen molar-refractivity contribution in [1.82, 2.24) is 4.98 Å². The minimum absolute atomic E-state index is 0.163. The van der Waals surface area contributed by atoms with Crippen LogP contribution in [0.4, 0.5) is 5.69 Å². The van der Waals surface area contributed by atoms with E-state index in [1.807, 2.05) is 48.5 Å². The highest BCUT2D eigenvalue weighted by molar-refractivity contribution is 6.36. The molecule has 0 fully saturated rings. The molecule has 28 heavy (non-hydrogen) atoms. The number of fused-ring (bicyclic) bond motifs is 1. The van der Waals surface area contributed by atoms with Crippen LogP contribution < -0.4 is 14.8 Å². The number of hydrogen-bond donors (Lipinski definition) is 1. The first-order valence-electron chi connectivity index (χ1n) is 8.68. The Bertz CT molecular complexity index is 1060. The van der Waals surface area contributed by atoms with Crippen LogP contribution in [0.15, 0.2) is 60.8 Å². The highest BCUT2D eigenvalue weighted by Gasteiger charge is 2.24. The molecule has 1 aliphatic heterocycles. The first kappa shape index (κ1) is 18.1. The highest BCUT2D eigenvalue weighted by atomic mass is 35.5. The molecule has 5 nitrogen and oxygen atoms in total. The van der Waals surface area contributed by atoms with Gasteiger partial charge < -0.3 is 14.8 Å². The summed E-state index contributed by atoms with van der Waals surface area (Å²) in [7, 11) is 1.59. The van der Waals surface area contributed by atoms with Crippen LogP contribution in [0.2, 0.25) is 5.02 Å². The fourth-order valence-electron chi connectivity index (χ4n) is 3.01. The molecule has 140 valence electrons. The largest absolute Gasteiger partial charge is 0.493 e. The van der Waals surface area contributed by atoms with Crippen molar-refractivity contribution < 1.29 is 14.3 Å². The first-order valence-corrected chi connectivity index (χ1v) is 9.05. The molecule has 1 aromatic heterocycles. The van der Waals surface area contributed by atoms with Crippen molar-refractivity contribution in [2.24, 2.45) is 0 Å². The predicted octanol–water partition coefficient (Wildman–Crippen LogP) is 4.82. The lowest BCUT2D eigenvalue weighted by atomic mass is 10.0. The third-order valence-corrected chi connectivity index (χ3v) is 4.60. The van der Waals surface area contributed by atoms with Crippen molar-refractivity contribution in [3.8, 4) is 11.5 Å². The van der Waals surface area contributed by atoms with E-state index in [9.17, 15) is 4.79 Å². The molecule has 0 radical (unpaired) electrons. The standard InChI is InChI=1S/C22H17ClN2O3/c1-27-20-8-5-14(11-21(20)28-13-16-4-2-3-9-24-16)10-18-17-7-6-15(23)12-19(17)25-22(18)26/h2-12H,13H2,1H3,(H,25,26)/b18-10-. The Morgan fingerprint density at radius 2 is 2.00 bits per heavy atom. The zero-order valence-corrected chi connectivity index (χ0v) is 15.9. The molecule has 6 heteroatoms. The molecule has 2 aromatic carbocycles. The molecule has 0 aliphatic carbocycles. The summed E-state index contributed by atoms with van der Waals surface area (Å²) in [6.07, 6.45) is 3.54. The quantitative estimate of drug-likeness (QED) is 0.632. The maximum atomic E-state index is 12.4. The average Bonchev–Trinajstić information content (AvgIpc) is 3.01.